The molecule has 1 heterocycles. The maximum atomic E-state index is 4.66. The zero-order valence-corrected chi connectivity index (χ0v) is 11.4. The lowest BCUT2D eigenvalue weighted by molar-refractivity contribution is 0.643. The summed E-state index contributed by atoms with van der Waals surface area (Å²) in [6, 6.07) is 8.53. The van der Waals surface area contributed by atoms with Crippen LogP contribution < -0.4 is 0 Å². The zero-order valence-electron chi connectivity index (χ0n) is 10.6. The van der Waals surface area contributed by atoms with Crippen LogP contribution in [0.1, 0.15) is 10.4 Å². The van der Waals surface area contributed by atoms with Gasteiger partial charge < -0.3 is 4.90 Å². The third-order valence-corrected chi connectivity index (χ3v) is 4.00. The van der Waals surface area contributed by atoms with E-state index < -0.39 is 0 Å². The van der Waals surface area contributed by atoms with Gasteiger partial charge in [0.25, 0.3) is 0 Å². The number of fused-ring (bicyclic) bond motifs is 3. The van der Waals surface area contributed by atoms with Crippen LogP contribution in [0.2, 0.25) is 0 Å². The fourth-order valence-corrected chi connectivity index (χ4v) is 3.07. The van der Waals surface area contributed by atoms with Gasteiger partial charge in [0.1, 0.15) is 0 Å². The molecule has 0 aliphatic heterocycles. The fraction of sp³-hybridized carbons (Fsp3) is 0.286. The first-order valence-corrected chi connectivity index (χ1v) is 6.84. The van der Waals surface area contributed by atoms with Crippen molar-refractivity contribution in [2.45, 2.75) is 12.8 Å². The SMILES string of the molecule is CN(C)/C=N/c1nc2c(s1)CCc1ccccc1-2. The largest absolute Gasteiger partial charge is 0.369 e. The van der Waals surface area contributed by atoms with Crippen LogP contribution in [0.3, 0.4) is 0 Å². The van der Waals surface area contributed by atoms with Gasteiger partial charge in [0.15, 0.2) is 0 Å². The third kappa shape index (κ3) is 2.04. The number of hydrogen-bond acceptors (Lipinski definition) is 3. The van der Waals surface area contributed by atoms with Crippen LogP contribution >= 0.6 is 11.3 Å². The molecule has 0 fully saturated rings. The van der Waals surface area contributed by atoms with Crippen molar-refractivity contribution in [2.75, 3.05) is 14.1 Å². The Morgan fingerprint density at radius 1 is 1.28 bits per heavy atom. The average Bonchev–Trinajstić information content (AvgIpc) is 2.79. The number of nitrogens with zero attached hydrogens (tertiary/aromatic N) is 3. The Labute approximate surface area is 111 Å². The second kappa shape index (κ2) is 4.53. The average molecular weight is 257 g/mol. The Kier molecular flexibility index (Phi) is 2.88. The highest BCUT2D eigenvalue weighted by atomic mass is 32.1. The first-order valence-electron chi connectivity index (χ1n) is 6.02. The molecule has 1 aromatic carbocycles. The zero-order chi connectivity index (χ0) is 12.5. The van der Waals surface area contributed by atoms with Crippen LogP contribution in [-0.2, 0) is 12.8 Å². The maximum Gasteiger partial charge on any atom is 0.211 e. The predicted octanol–water partition coefficient (Wildman–Crippen LogP) is 3.13. The number of aryl methyl sites for hydroxylation is 2. The van der Waals surface area contributed by atoms with E-state index in [4.69, 9.17) is 0 Å². The van der Waals surface area contributed by atoms with Crippen LogP contribution in [0.5, 0.6) is 0 Å². The lowest BCUT2D eigenvalue weighted by atomic mass is 9.94. The van der Waals surface area contributed by atoms with Gasteiger partial charge in [-0.2, -0.15) is 0 Å². The van der Waals surface area contributed by atoms with E-state index >= 15 is 0 Å². The highest BCUT2D eigenvalue weighted by Crippen LogP contribution is 2.38. The Balaban J connectivity index is 2.01. The van der Waals surface area contributed by atoms with Crippen molar-refractivity contribution < 1.29 is 0 Å². The molecule has 3 rings (SSSR count). The van der Waals surface area contributed by atoms with E-state index in [9.17, 15) is 0 Å². The molecule has 0 saturated carbocycles. The number of thiazole rings is 1. The topological polar surface area (TPSA) is 28.5 Å². The van der Waals surface area contributed by atoms with Crippen LogP contribution in [0, 0.1) is 0 Å². The Bertz CT molecular complexity index is 599. The first kappa shape index (κ1) is 11.4. The monoisotopic (exact) mass is 257 g/mol. The van der Waals surface area contributed by atoms with Gasteiger partial charge in [-0.3, -0.25) is 0 Å². The molecule has 0 saturated heterocycles. The molecule has 0 unspecified atom stereocenters. The second-order valence-corrected chi connectivity index (χ2v) is 5.70. The van der Waals surface area contributed by atoms with E-state index in [1.807, 2.05) is 19.0 Å². The van der Waals surface area contributed by atoms with E-state index in [0.29, 0.717) is 0 Å². The highest BCUT2D eigenvalue weighted by Gasteiger charge is 2.19. The molecule has 2 aromatic rings. The summed E-state index contributed by atoms with van der Waals surface area (Å²) in [4.78, 5) is 12.3. The van der Waals surface area contributed by atoms with Crippen LogP contribution in [0.15, 0.2) is 29.3 Å². The lowest BCUT2D eigenvalue weighted by Gasteiger charge is -2.13. The van der Waals surface area contributed by atoms with E-state index in [1.165, 1.54) is 16.0 Å². The van der Waals surface area contributed by atoms with Gasteiger partial charge in [0.05, 0.1) is 12.0 Å². The van der Waals surface area contributed by atoms with Crippen LogP contribution in [-0.4, -0.2) is 30.3 Å². The number of rotatable bonds is 2. The van der Waals surface area contributed by atoms with Gasteiger partial charge in [-0.15, -0.1) is 0 Å². The summed E-state index contributed by atoms with van der Waals surface area (Å²) in [5.74, 6) is 0. The summed E-state index contributed by atoms with van der Waals surface area (Å²) in [6.45, 7) is 0. The van der Waals surface area contributed by atoms with Crippen molar-refractivity contribution in [2.24, 2.45) is 4.99 Å². The Hall–Kier alpha value is -1.68. The number of aliphatic imine (C=N–C) groups is 1. The van der Waals surface area contributed by atoms with Crippen molar-refractivity contribution in [3.8, 4) is 11.3 Å². The minimum Gasteiger partial charge on any atom is -0.369 e. The summed E-state index contributed by atoms with van der Waals surface area (Å²) < 4.78 is 0. The van der Waals surface area contributed by atoms with Crippen molar-refractivity contribution >= 4 is 22.8 Å². The van der Waals surface area contributed by atoms with Crippen LogP contribution in [0.4, 0.5) is 5.13 Å². The number of aromatic nitrogens is 1. The molecule has 1 aromatic heterocycles. The molecule has 4 heteroatoms. The maximum absolute atomic E-state index is 4.66. The van der Waals surface area contributed by atoms with E-state index in [2.05, 4.69) is 34.2 Å². The van der Waals surface area contributed by atoms with Gasteiger partial charge in [-0.25, -0.2) is 9.98 Å². The summed E-state index contributed by atoms with van der Waals surface area (Å²) in [7, 11) is 3.93. The summed E-state index contributed by atoms with van der Waals surface area (Å²) in [5, 5.41) is 0.852. The van der Waals surface area contributed by atoms with E-state index in [0.717, 1.165) is 23.7 Å². The van der Waals surface area contributed by atoms with Crippen molar-refractivity contribution in [3.05, 3.63) is 34.7 Å². The predicted molar refractivity (Wildman–Crippen MR) is 76.8 cm³/mol. The fourth-order valence-electron chi connectivity index (χ4n) is 2.16. The highest BCUT2D eigenvalue weighted by molar-refractivity contribution is 7.15. The van der Waals surface area contributed by atoms with Gasteiger partial charge in [-0.05, 0) is 18.4 Å². The molecule has 0 N–H and O–H groups in total. The Morgan fingerprint density at radius 3 is 2.94 bits per heavy atom. The minimum atomic E-state index is 0.852. The lowest BCUT2D eigenvalue weighted by Crippen LogP contribution is -2.06. The summed E-state index contributed by atoms with van der Waals surface area (Å²) >= 11 is 1.71. The van der Waals surface area contributed by atoms with Gasteiger partial charge >= 0.3 is 0 Å². The van der Waals surface area contributed by atoms with E-state index in [1.54, 1.807) is 17.7 Å². The molecule has 3 nitrogen and oxygen atoms in total. The summed E-state index contributed by atoms with van der Waals surface area (Å²) in [5.41, 5.74) is 3.81. The minimum absolute atomic E-state index is 0.852. The third-order valence-electron chi connectivity index (χ3n) is 2.98. The van der Waals surface area contributed by atoms with Crippen molar-refractivity contribution in [1.82, 2.24) is 9.88 Å². The molecule has 1 aliphatic carbocycles. The molecule has 0 atom stereocenters. The molecule has 0 radical (unpaired) electrons. The van der Waals surface area contributed by atoms with Crippen LogP contribution in [0.25, 0.3) is 11.3 Å². The molecule has 0 spiro atoms. The molecule has 92 valence electrons. The molecular formula is C14H15N3S. The number of benzene rings is 1. The second-order valence-electron chi connectivity index (χ2n) is 4.63. The number of hydrogen-bond donors (Lipinski definition) is 0. The molecule has 0 amide bonds. The molecular weight excluding hydrogens is 242 g/mol. The van der Waals surface area contributed by atoms with Gasteiger partial charge in [0.2, 0.25) is 5.13 Å². The summed E-state index contributed by atoms with van der Waals surface area (Å²) in [6.07, 6.45) is 4.00. The molecule has 18 heavy (non-hydrogen) atoms. The normalized spacial score (nSPS) is 13.4. The van der Waals surface area contributed by atoms with Gasteiger partial charge in [0, 0.05) is 24.5 Å². The van der Waals surface area contributed by atoms with Crippen molar-refractivity contribution in [3.63, 3.8) is 0 Å². The smallest absolute Gasteiger partial charge is 0.211 e. The van der Waals surface area contributed by atoms with Crippen molar-refractivity contribution in [1.29, 1.82) is 0 Å². The molecule has 1 aliphatic rings. The standard InChI is InChI=1S/C14H15N3S/c1-17(2)9-15-14-16-13-11-6-4-3-5-10(11)7-8-12(13)18-14/h3-6,9H,7-8H2,1-2H3/b15-9+. The first-order chi connectivity index (χ1) is 8.74. The Morgan fingerprint density at radius 2 is 2.11 bits per heavy atom. The quantitative estimate of drug-likeness (QED) is 0.611. The van der Waals surface area contributed by atoms with E-state index in [-0.39, 0.29) is 0 Å². The molecule has 0 bridgehead atoms. The van der Waals surface area contributed by atoms with Gasteiger partial charge in [-0.1, -0.05) is 35.6 Å².